The topological polar surface area (TPSA) is 71.0 Å². The molecule has 0 radical (unpaired) electrons. The van der Waals surface area contributed by atoms with Gasteiger partial charge in [0.25, 0.3) is 5.91 Å². The number of piperidine rings is 1. The number of pyridine rings is 1. The second-order valence-corrected chi connectivity index (χ2v) is 7.39. The van der Waals surface area contributed by atoms with Gasteiger partial charge in [-0.2, -0.15) is 0 Å². The summed E-state index contributed by atoms with van der Waals surface area (Å²) in [5, 5.41) is 2.90. The minimum absolute atomic E-state index is 0.161. The predicted molar refractivity (Wildman–Crippen MR) is 112 cm³/mol. The fourth-order valence-corrected chi connectivity index (χ4v) is 3.79. The smallest absolute Gasteiger partial charge is 0.259 e. The zero-order valence-electron chi connectivity index (χ0n) is 16.6. The van der Waals surface area contributed by atoms with Crippen molar-refractivity contribution in [3.05, 3.63) is 83.7 Å². The minimum atomic E-state index is -0.184. The van der Waals surface area contributed by atoms with E-state index in [0.717, 1.165) is 37.4 Å². The predicted octanol–water partition coefficient (Wildman–Crippen LogP) is 4.16. The second kappa shape index (κ2) is 8.92. The molecule has 1 amide bonds. The van der Waals surface area contributed by atoms with Crippen LogP contribution in [0.15, 0.2) is 61.1 Å². The summed E-state index contributed by atoms with van der Waals surface area (Å²) in [6, 6.07) is 13.6. The number of anilines is 1. The fourth-order valence-electron chi connectivity index (χ4n) is 3.79. The molecule has 1 atom stereocenters. The van der Waals surface area contributed by atoms with E-state index in [2.05, 4.69) is 26.3 Å². The van der Waals surface area contributed by atoms with E-state index in [1.54, 1.807) is 12.4 Å². The van der Waals surface area contributed by atoms with Gasteiger partial charge in [0.1, 0.15) is 5.82 Å². The Morgan fingerprint density at radius 2 is 2.00 bits per heavy atom. The summed E-state index contributed by atoms with van der Waals surface area (Å²) in [6.07, 6.45) is 8.72. The molecular formula is C23H25N5O. The van der Waals surface area contributed by atoms with Gasteiger partial charge >= 0.3 is 0 Å². The highest BCUT2D eigenvalue weighted by Gasteiger charge is 2.27. The molecule has 1 N–H and O–H groups in total. The quantitative estimate of drug-likeness (QED) is 0.712. The standard InChI is InChI=1S/C23H25N5O/c1-17-20(23(29)27-19-9-3-2-4-10-19)15-25-22(26-17)21-11-5-6-13-28(21)16-18-8-7-12-24-14-18/h2-4,7-10,12,14-15,21H,5-6,11,13,16H2,1H3,(H,27,29)/t21-/m1/s1. The Morgan fingerprint density at radius 1 is 1.14 bits per heavy atom. The molecule has 0 saturated carbocycles. The molecule has 0 unspecified atom stereocenters. The monoisotopic (exact) mass is 387 g/mol. The Bertz CT molecular complexity index is 962. The van der Waals surface area contributed by atoms with Crippen molar-refractivity contribution in [1.82, 2.24) is 19.9 Å². The number of rotatable bonds is 5. The number of nitrogens with one attached hydrogen (secondary N) is 1. The van der Waals surface area contributed by atoms with Crippen LogP contribution in [0.2, 0.25) is 0 Å². The normalized spacial score (nSPS) is 17.1. The SMILES string of the molecule is Cc1nc([C@H]2CCCCN2Cc2cccnc2)ncc1C(=O)Nc1ccccc1. The number of aryl methyl sites for hydroxylation is 1. The van der Waals surface area contributed by atoms with Crippen LogP contribution in [-0.4, -0.2) is 32.3 Å². The van der Waals surface area contributed by atoms with Crippen LogP contribution in [0.3, 0.4) is 0 Å². The number of likely N-dealkylation sites (tertiary alicyclic amines) is 1. The lowest BCUT2D eigenvalue weighted by Crippen LogP contribution is -2.34. The summed E-state index contributed by atoms with van der Waals surface area (Å²) in [5.74, 6) is 0.610. The van der Waals surface area contributed by atoms with E-state index in [-0.39, 0.29) is 11.9 Å². The number of nitrogens with zero attached hydrogens (tertiary/aromatic N) is 4. The molecule has 148 valence electrons. The van der Waals surface area contributed by atoms with Crippen molar-refractivity contribution < 1.29 is 4.79 Å². The Balaban J connectivity index is 1.51. The van der Waals surface area contributed by atoms with Crippen molar-refractivity contribution in [3.8, 4) is 0 Å². The third-order valence-electron chi connectivity index (χ3n) is 5.29. The molecule has 4 rings (SSSR count). The molecule has 29 heavy (non-hydrogen) atoms. The van der Waals surface area contributed by atoms with Gasteiger partial charge in [0.05, 0.1) is 17.3 Å². The number of aromatic nitrogens is 3. The van der Waals surface area contributed by atoms with Crippen LogP contribution in [0.4, 0.5) is 5.69 Å². The zero-order chi connectivity index (χ0) is 20.1. The van der Waals surface area contributed by atoms with E-state index in [0.29, 0.717) is 11.3 Å². The van der Waals surface area contributed by atoms with Crippen LogP contribution in [0, 0.1) is 6.92 Å². The highest BCUT2D eigenvalue weighted by atomic mass is 16.1. The van der Waals surface area contributed by atoms with Crippen molar-refractivity contribution in [2.24, 2.45) is 0 Å². The molecule has 6 heteroatoms. The summed E-state index contributed by atoms with van der Waals surface area (Å²) < 4.78 is 0. The summed E-state index contributed by atoms with van der Waals surface area (Å²) in [7, 11) is 0. The van der Waals surface area contributed by atoms with E-state index in [9.17, 15) is 4.79 Å². The van der Waals surface area contributed by atoms with Crippen LogP contribution in [-0.2, 0) is 6.54 Å². The molecule has 1 fully saturated rings. The van der Waals surface area contributed by atoms with Gasteiger partial charge < -0.3 is 5.32 Å². The first kappa shape index (κ1) is 19.2. The van der Waals surface area contributed by atoms with E-state index in [1.807, 2.05) is 49.5 Å². The van der Waals surface area contributed by atoms with Gasteiger partial charge in [0.2, 0.25) is 0 Å². The number of amides is 1. The Kier molecular flexibility index (Phi) is 5.91. The lowest BCUT2D eigenvalue weighted by Gasteiger charge is -2.34. The van der Waals surface area contributed by atoms with Crippen molar-refractivity contribution in [2.45, 2.75) is 38.8 Å². The average molecular weight is 387 g/mol. The molecule has 0 aliphatic carbocycles. The number of hydrogen-bond acceptors (Lipinski definition) is 5. The van der Waals surface area contributed by atoms with Gasteiger partial charge in [-0.25, -0.2) is 9.97 Å². The third-order valence-corrected chi connectivity index (χ3v) is 5.29. The number of para-hydroxylation sites is 1. The number of benzene rings is 1. The maximum atomic E-state index is 12.6. The molecule has 2 aromatic heterocycles. The Labute approximate surface area is 171 Å². The van der Waals surface area contributed by atoms with Crippen LogP contribution >= 0.6 is 0 Å². The molecule has 1 aliphatic rings. The van der Waals surface area contributed by atoms with Crippen LogP contribution < -0.4 is 5.32 Å². The maximum absolute atomic E-state index is 12.6. The van der Waals surface area contributed by atoms with Crippen molar-refractivity contribution in [1.29, 1.82) is 0 Å². The average Bonchev–Trinajstić information content (AvgIpc) is 2.75. The van der Waals surface area contributed by atoms with E-state index >= 15 is 0 Å². The first-order chi connectivity index (χ1) is 14.2. The Morgan fingerprint density at radius 3 is 2.76 bits per heavy atom. The lowest BCUT2D eigenvalue weighted by atomic mass is 10.0. The van der Waals surface area contributed by atoms with Crippen molar-refractivity contribution >= 4 is 11.6 Å². The number of hydrogen-bond donors (Lipinski definition) is 1. The summed E-state index contributed by atoms with van der Waals surface area (Å²) in [5.41, 5.74) is 3.16. The molecule has 3 aromatic rings. The highest BCUT2D eigenvalue weighted by Crippen LogP contribution is 2.30. The fraction of sp³-hybridized carbons (Fsp3) is 0.304. The van der Waals surface area contributed by atoms with Crippen LogP contribution in [0.5, 0.6) is 0 Å². The van der Waals surface area contributed by atoms with Gasteiger partial charge in [-0.05, 0) is 50.1 Å². The molecule has 6 nitrogen and oxygen atoms in total. The minimum Gasteiger partial charge on any atom is -0.322 e. The zero-order valence-corrected chi connectivity index (χ0v) is 16.6. The number of carbonyl (C=O) groups is 1. The van der Waals surface area contributed by atoms with Gasteiger partial charge in [-0.3, -0.25) is 14.7 Å². The third kappa shape index (κ3) is 4.66. The van der Waals surface area contributed by atoms with Crippen LogP contribution in [0.1, 0.15) is 52.7 Å². The molecule has 1 aliphatic heterocycles. The first-order valence-electron chi connectivity index (χ1n) is 10.0. The molecule has 0 spiro atoms. The van der Waals surface area contributed by atoms with E-state index < -0.39 is 0 Å². The molecule has 0 bridgehead atoms. The van der Waals surface area contributed by atoms with Gasteiger partial charge in [-0.15, -0.1) is 0 Å². The van der Waals surface area contributed by atoms with Crippen molar-refractivity contribution in [3.63, 3.8) is 0 Å². The van der Waals surface area contributed by atoms with Crippen molar-refractivity contribution in [2.75, 3.05) is 11.9 Å². The lowest BCUT2D eigenvalue weighted by molar-refractivity contribution is 0.102. The molecule has 1 aromatic carbocycles. The highest BCUT2D eigenvalue weighted by molar-refractivity contribution is 6.04. The van der Waals surface area contributed by atoms with Crippen LogP contribution in [0.25, 0.3) is 0 Å². The summed E-state index contributed by atoms with van der Waals surface area (Å²) >= 11 is 0. The molecular weight excluding hydrogens is 362 g/mol. The largest absolute Gasteiger partial charge is 0.322 e. The van der Waals surface area contributed by atoms with Gasteiger partial charge in [0, 0.05) is 30.8 Å². The maximum Gasteiger partial charge on any atom is 0.259 e. The molecule has 3 heterocycles. The first-order valence-corrected chi connectivity index (χ1v) is 10.0. The van der Waals surface area contributed by atoms with Gasteiger partial charge in [-0.1, -0.05) is 30.7 Å². The van der Waals surface area contributed by atoms with E-state index in [4.69, 9.17) is 4.98 Å². The molecule has 1 saturated heterocycles. The second-order valence-electron chi connectivity index (χ2n) is 7.39. The van der Waals surface area contributed by atoms with Gasteiger partial charge in [0.15, 0.2) is 0 Å². The number of carbonyl (C=O) groups excluding carboxylic acids is 1. The summed E-state index contributed by atoms with van der Waals surface area (Å²) in [4.78, 5) is 28.6. The summed E-state index contributed by atoms with van der Waals surface area (Å²) in [6.45, 7) is 3.72. The van der Waals surface area contributed by atoms with E-state index in [1.165, 1.54) is 12.0 Å². The Hall–Kier alpha value is -3.12.